The first kappa shape index (κ1) is 27.6. The molecule has 5 rings (SSSR count). The number of carbonyl (C=O) groups excluding carboxylic acids is 1. The molecule has 6 nitrogen and oxygen atoms in total. The van der Waals surface area contributed by atoms with Crippen LogP contribution in [0.15, 0.2) is 85.1 Å². The average Bonchev–Trinajstić information content (AvgIpc) is 3.37. The number of H-pyrrole nitrogens is 1. The zero-order valence-electron chi connectivity index (χ0n) is 22.0. The van der Waals surface area contributed by atoms with E-state index in [4.69, 9.17) is 9.47 Å². The molecule has 40 heavy (non-hydrogen) atoms. The largest absolute Gasteiger partial charge is 0.493 e. The fourth-order valence-corrected chi connectivity index (χ4v) is 5.23. The van der Waals surface area contributed by atoms with Crippen LogP contribution in [0.2, 0.25) is 0 Å². The third-order valence-electron chi connectivity index (χ3n) is 7.11. The lowest BCUT2D eigenvalue weighted by atomic mass is 9.88. The Labute approximate surface area is 231 Å². The van der Waals surface area contributed by atoms with Crippen LogP contribution in [0.25, 0.3) is 10.9 Å². The number of amides is 1. The van der Waals surface area contributed by atoms with Crippen LogP contribution >= 0.6 is 0 Å². The van der Waals surface area contributed by atoms with Gasteiger partial charge in [-0.2, -0.15) is 13.2 Å². The molecule has 9 heteroatoms. The molecule has 2 N–H and O–H groups in total. The fraction of sp³-hybridized carbons (Fsp3) is 0.323. The molecule has 3 aromatic carbocycles. The molecule has 0 spiro atoms. The fourth-order valence-electron chi connectivity index (χ4n) is 5.23. The maximum atomic E-state index is 13.2. The van der Waals surface area contributed by atoms with Crippen molar-refractivity contribution in [3.63, 3.8) is 0 Å². The highest BCUT2D eigenvalue weighted by molar-refractivity contribution is 5.83. The number of nitrogens with one attached hydrogen (secondary N) is 2. The molecule has 0 radical (unpaired) electrons. The Bertz CT molecular complexity index is 1410. The summed E-state index contributed by atoms with van der Waals surface area (Å²) in [5, 5.41) is 4.12. The van der Waals surface area contributed by atoms with E-state index in [0.29, 0.717) is 39.2 Å². The quantitative estimate of drug-likeness (QED) is 0.241. The van der Waals surface area contributed by atoms with Crippen molar-refractivity contribution in [2.45, 2.75) is 19.1 Å². The van der Waals surface area contributed by atoms with Crippen LogP contribution in [0.1, 0.15) is 17.5 Å². The molecule has 1 aliphatic heterocycles. The van der Waals surface area contributed by atoms with Crippen molar-refractivity contribution < 1.29 is 27.4 Å². The number of ether oxygens (including phenoxy) is 2. The second-order valence-corrected chi connectivity index (χ2v) is 10.1. The summed E-state index contributed by atoms with van der Waals surface area (Å²) in [6.45, 7) is 2.82. The molecule has 0 bridgehead atoms. The molecule has 210 valence electrons. The number of aromatic nitrogens is 1. The standard InChI is InChI=1S/C31H32F3N3O3/c32-31(33,34)25-7-6-10-27(16-25)40-21-22-15-23(30(38)35-13-14-39-26-8-2-1-3-9-26)19-37(18-22)20-24-17-36-29-12-5-4-11-28(24)29/h1-12,16-17,22-23,36H,13-15,18-21H2,(H,35,38)/t22-,23+/m0/s1. The van der Waals surface area contributed by atoms with Gasteiger partial charge in [0.1, 0.15) is 18.1 Å². The van der Waals surface area contributed by atoms with Crippen LogP contribution in [-0.2, 0) is 17.5 Å². The maximum Gasteiger partial charge on any atom is 0.416 e. The van der Waals surface area contributed by atoms with E-state index in [0.717, 1.165) is 34.3 Å². The van der Waals surface area contributed by atoms with Crippen molar-refractivity contribution in [2.24, 2.45) is 11.8 Å². The molecule has 1 fully saturated rings. The SMILES string of the molecule is O=C(NCCOc1ccccc1)[C@@H]1C[C@H](COc2cccc(C(F)(F)F)c2)CN(Cc2c[nH]c3ccccc23)C1. The number of para-hydroxylation sites is 2. The van der Waals surface area contributed by atoms with Crippen LogP contribution in [0.3, 0.4) is 0 Å². The van der Waals surface area contributed by atoms with E-state index in [9.17, 15) is 18.0 Å². The third-order valence-corrected chi connectivity index (χ3v) is 7.11. The number of likely N-dealkylation sites (tertiary alicyclic amines) is 1. The molecule has 0 saturated carbocycles. The molecule has 4 aromatic rings. The number of aromatic amines is 1. The summed E-state index contributed by atoms with van der Waals surface area (Å²) in [5.41, 5.74) is 1.43. The normalized spacial score (nSPS) is 18.0. The van der Waals surface area contributed by atoms with E-state index < -0.39 is 11.7 Å². The summed E-state index contributed by atoms with van der Waals surface area (Å²) >= 11 is 0. The van der Waals surface area contributed by atoms with Gasteiger partial charge in [0.15, 0.2) is 0 Å². The van der Waals surface area contributed by atoms with Gasteiger partial charge in [-0.25, -0.2) is 0 Å². The van der Waals surface area contributed by atoms with Crippen LogP contribution < -0.4 is 14.8 Å². The zero-order valence-corrected chi connectivity index (χ0v) is 22.0. The van der Waals surface area contributed by atoms with Crippen LogP contribution in [0, 0.1) is 11.8 Å². The number of alkyl halides is 3. The average molecular weight is 552 g/mol. The minimum absolute atomic E-state index is 0.0372. The Balaban J connectivity index is 1.23. The van der Waals surface area contributed by atoms with Gasteiger partial charge in [0.05, 0.1) is 24.6 Å². The minimum atomic E-state index is -4.44. The molecule has 2 atom stereocenters. The third kappa shape index (κ3) is 7.15. The van der Waals surface area contributed by atoms with E-state index >= 15 is 0 Å². The number of halogens is 3. The van der Waals surface area contributed by atoms with Crippen LogP contribution in [-0.4, -0.2) is 48.6 Å². The van der Waals surface area contributed by atoms with Crippen molar-refractivity contribution in [1.29, 1.82) is 0 Å². The predicted molar refractivity (Wildman–Crippen MR) is 147 cm³/mol. The van der Waals surface area contributed by atoms with Gasteiger partial charge in [0.25, 0.3) is 0 Å². The summed E-state index contributed by atoms with van der Waals surface area (Å²) in [4.78, 5) is 18.7. The lowest BCUT2D eigenvalue weighted by Gasteiger charge is -2.37. The van der Waals surface area contributed by atoms with Gasteiger partial charge in [-0.1, -0.05) is 42.5 Å². The van der Waals surface area contributed by atoms with Gasteiger partial charge < -0.3 is 19.8 Å². The van der Waals surface area contributed by atoms with Gasteiger partial charge in [-0.05, 0) is 48.4 Å². The van der Waals surface area contributed by atoms with E-state index in [2.05, 4.69) is 21.3 Å². The molecular weight excluding hydrogens is 519 g/mol. The zero-order chi connectivity index (χ0) is 28.0. The second kappa shape index (κ2) is 12.5. The number of carbonyl (C=O) groups is 1. The first-order valence-corrected chi connectivity index (χ1v) is 13.4. The Morgan fingerprint density at radius 3 is 2.55 bits per heavy atom. The first-order valence-electron chi connectivity index (χ1n) is 13.4. The van der Waals surface area contributed by atoms with Gasteiger partial charge in [-0.3, -0.25) is 9.69 Å². The minimum Gasteiger partial charge on any atom is -0.493 e. The number of benzene rings is 3. The Morgan fingerprint density at radius 1 is 0.950 bits per heavy atom. The van der Waals surface area contributed by atoms with E-state index in [1.165, 1.54) is 12.1 Å². The number of fused-ring (bicyclic) bond motifs is 1. The van der Waals surface area contributed by atoms with Gasteiger partial charge in [0.2, 0.25) is 5.91 Å². The lowest BCUT2D eigenvalue weighted by molar-refractivity contribution is -0.137. The summed E-state index contributed by atoms with van der Waals surface area (Å²) < 4.78 is 51.0. The smallest absolute Gasteiger partial charge is 0.416 e. The predicted octanol–water partition coefficient (Wildman–Crippen LogP) is 5.90. The number of hydrogen-bond acceptors (Lipinski definition) is 4. The van der Waals surface area contributed by atoms with Gasteiger partial charge in [0, 0.05) is 42.7 Å². The molecule has 1 aliphatic rings. The second-order valence-electron chi connectivity index (χ2n) is 10.1. The summed E-state index contributed by atoms with van der Waals surface area (Å²) in [5.74, 6) is 0.522. The van der Waals surface area contributed by atoms with Crippen LogP contribution in [0.4, 0.5) is 13.2 Å². The Kier molecular flexibility index (Phi) is 8.60. The number of hydrogen-bond donors (Lipinski definition) is 2. The summed E-state index contributed by atoms with van der Waals surface area (Å²) in [6, 6.07) is 22.4. The van der Waals surface area contributed by atoms with E-state index in [-0.39, 0.29) is 30.1 Å². The molecule has 2 heterocycles. The van der Waals surface area contributed by atoms with Crippen LogP contribution in [0.5, 0.6) is 11.5 Å². The molecular formula is C31H32F3N3O3. The summed E-state index contributed by atoms with van der Waals surface area (Å²) in [6.07, 6.45) is -1.87. The number of piperidine rings is 1. The molecule has 0 aliphatic carbocycles. The highest BCUT2D eigenvalue weighted by Gasteiger charge is 2.33. The van der Waals surface area contributed by atoms with Crippen molar-refractivity contribution >= 4 is 16.8 Å². The summed E-state index contributed by atoms with van der Waals surface area (Å²) in [7, 11) is 0. The number of nitrogens with zero attached hydrogens (tertiary/aromatic N) is 1. The van der Waals surface area contributed by atoms with Crippen molar-refractivity contribution in [3.05, 3.63) is 96.2 Å². The van der Waals surface area contributed by atoms with Crippen molar-refractivity contribution in [3.8, 4) is 11.5 Å². The molecule has 1 amide bonds. The van der Waals surface area contributed by atoms with Gasteiger partial charge >= 0.3 is 6.18 Å². The highest BCUT2D eigenvalue weighted by atomic mass is 19.4. The topological polar surface area (TPSA) is 66.6 Å². The monoisotopic (exact) mass is 551 g/mol. The Morgan fingerprint density at radius 2 is 1.73 bits per heavy atom. The highest BCUT2D eigenvalue weighted by Crippen LogP contribution is 2.32. The van der Waals surface area contributed by atoms with Crippen molar-refractivity contribution in [2.75, 3.05) is 32.8 Å². The first-order chi connectivity index (χ1) is 19.3. The van der Waals surface area contributed by atoms with Crippen molar-refractivity contribution in [1.82, 2.24) is 15.2 Å². The lowest BCUT2D eigenvalue weighted by Crippen LogP contribution is -2.47. The number of rotatable bonds is 10. The molecule has 1 aromatic heterocycles. The van der Waals surface area contributed by atoms with Gasteiger partial charge in [-0.15, -0.1) is 0 Å². The Hall–Kier alpha value is -3.98. The molecule has 1 saturated heterocycles. The molecule has 0 unspecified atom stereocenters. The maximum absolute atomic E-state index is 13.2. The van der Waals surface area contributed by atoms with E-state index in [1.807, 2.05) is 54.7 Å². The van der Waals surface area contributed by atoms with E-state index in [1.54, 1.807) is 0 Å².